The molecule has 0 spiro atoms. The highest BCUT2D eigenvalue weighted by Gasteiger charge is 2.03. The van der Waals surface area contributed by atoms with Crippen molar-refractivity contribution < 1.29 is 19.8 Å². The standard InChI is InChI=1S/C16H14O4S2/c17-15(18)11-1-5-13(6-2-11)21-9-10-22-14-7-3-12(4-8-14)16(19)20/h1-8H,9-10H2,(H,17,18)(H,19,20). The average molecular weight is 334 g/mol. The van der Waals surface area contributed by atoms with Gasteiger partial charge in [0.15, 0.2) is 0 Å². The average Bonchev–Trinajstić information content (AvgIpc) is 2.52. The first-order chi connectivity index (χ1) is 10.6. The van der Waals surface area contributed by atoms with Crippen molar-refractivity contribution in [1.82, 2.24) is 0 Å². The maximum absolute atomic E-state index is 10.7. The molecule has 0 radical (unpaired) electrons. The number of carboxylic acids is 2. The summed E-state index contributed by atoms with van der Waals surface area (Å²) in [5.41, 5.74) is 0.578. The minimum absolute atomic E-state index is 0.289. The van der Waals surface area contributed by atoms with Crippen LogP contribution < -0.4 is 0 Å². The van der Waals surface area contributed by atoms with Crippen molar-refractivity contribution in [3.63, 3.8) is 0 Å². The third-order valence-corrected chi connectivity index (χ3v) is 5.11. The summed E-state index contributed by atoms with van der Waals surface area (Å²) in [6.45, 7) is 0. The van der Waals surface area contributed by atoms with Gasteiger partial charge in [0.2, 0.25) is 0 Å². The molecule has 0 aliphatic rings. The molecule has 0 aliphatic heterocycles. The van der Waals surface area contributed by atoms with Gasteiger partial charge < -0.3 is 10.2 Å². The summed E-state index contributed by atoms with van der Waals surface area (Å²) >= 11 is 3.32. The van der Waals surface area contributed by atoms with Crippen molar-refractivity contribution in [3.8, 4) is 0 Å². The fourth-order valence-electron chi connectivity index (χ4n) is 1.71. The van der Waals surface area contributed by atoms with E-state index in [0.717, 1.165) is 21.3 Å². The molecule has 6 heteroatoms. The quantitative estimate of drug-likeness (QED) is 0.589. The maximum atomic E-state index is 10.7. The zero-order valence-electron chi connectivity index (χ0n) is 11.6. The third-order valence-electron chi connectivity index (χ3n) is 2.82. The van der Waals surface area contributed by atoms with E-state index in [0.29, 0.717) is 0 Å². The Labute approximate surface area is 136 Å². The van der Waals surface area contributed by atoms with E-state index in [4.69, 9.17) is 10.2 Å². The molecule has 0 bridgehead atoms. The molecule has 22 heavy (non-hydrogen) atoms. The fourth-order valence-corrected chi connectivity index (χ4v) is 3.50. The van der Waals surface area contributed by atoms with Crippen molar-refractivity contribution >= 4 is 35.5 Å². The van der Waals surface area contributed by atoms with Gasteiger partial charge in [-0.15, -0.1) is 23.5 Å². The molecule has 0 saturated carbocycles. The largest absolute Gasteiger partial charge is 0.478 e. The topological polar surface area (TPSA) is 74.6 Å². The number of benzene rings is 2. The van der Waals surface area contributed by atoms with Crippen LogP contribution in [0.3, 0.4) is 0 Å². The number of carbonyl (C=O) groups is 2. The van der Waals surface area contributed by atoms with Crippen LogP contribution in [-0.2, 0) is 0 Å². The van der Waals surface area contributed by atoms with Crippen molar-refractivity contribution in [3.05, 3.63) is 59.7 Å². The van der Waals surface area contributed by atoms with Gasteiger partial charge in [0.05, 0.1) is 11.1 Å². The smallest absolute Gasteiger partial charge is 0.335 e. The van der Waals surface area contributed by atoms with E-state index >= 15 is 0 Å². The van der Waals surface area contributed by atoms with E-state index in [9.17, 15) is 9.59 Å². The number of aromatic carboxylic acids is 2. The Morgan fingerprint density at radius 3 is 1.27 bits per heavy atom. The van der Waals surface area contributed by atoms with Gasteiger partial charge in [-0.1, -0.05) is 0 Å². The molecule has 0 amide bonds. The minimum atomic E-state index is -0.920. The van der Waals surface area contributed by atoms with Gasteiger partial charge >= 0.3 is 11.9 Å². The number of hydrogen-bond donors (Lipinski definition) is 2. The second-order valence-corrected chi connectivity index (χ2v) is 6.69. The molecule has 0 aromatic heterocycles. The molecule has 2 aromatic rings. The van der Waals surface area contributed by atoms with Gasteiger partial charge in [0.25, 0.3) is 0 Å². The normalized spacial score (nSPS) is 10.4. The van der Waals surface area contributed by atoms with Crippen LogP contribution in [-0.4, -0.2) is 33.7 Å². The summed E-state index contributed by atoms with van der Waals surface area (Å²) in [7, 11) is 0. The number of thioether (sulfide) groups is 2. The van der Waals surface area contributed by atoms with E-state index in [2.05, 4.69) is 0 Å². The molecule has 0 heterocycles. The summed E-state index contributed by atoms with van der Waals surface area (Å²) in [4.78, 5) is 23.6. The monoisotopic (exact) mass is 334 g/mol. The number of carboxylic acid groups (broad SMARTS) is 2. The number of rotatable bonds is 7. The summed E-state index contributed by atoms with van der Waals surface area (Å²) in [6.07, 6.45) is 0. The summed E-state index contributed by atoms with van der Waals surface area (Å²) in [5, 5.41) is 17.6. The maximum Gasteiger partial charge on any atom is 0.335 e. The predicted octanol–water partition coefficient (Wildman–Crippen LogP) is 3.97. The summed E-state index contributed by atoms with van der Waals surface area (Å²) < 4.78 is 0. The van der Waals surface area contributed by atoms with Crippen LogP contribution in [0.4, 0.5) is 0 Å². The second-order valence-electron chi connectivity index (χ2n) is 4.36. The third kappa shape index (κ3) is 4.82. The first kappa shape index (κ1) is 16.5. The Bertz CT molecular complexity index is 591. The molecular weight excluding hydrogens is 320 g/mol. The van der Waals surface area contributed by atoms with Gasteiger partial charge in [-0.05, 0) is 48.5 Å². The van der Waals surface area contributed by atoms with E-state index in [-0.39, 0.29) is 11.1 Å². The molecule has 0 fully saturated rings. The lowest BCUT2D eigenvalue weighted by atomic mass is 10.2. The Morgan fingerprint density at radius 2 is 1.00 bits per heavy atom. The predicted molar refractivity (Wildman–Crippen MR) is 88.3 cm³/mol. The molecule has 2 rings (SSSR count). The summed E-state index contributed by atoms with van der Waals surface area (Å²) in [5.74, 6) is -0.0657. The highest BCUT2D eigenvalue weighted by Crippen LogP contribution is 2.23. The van der Waals surface area contributed by atoms with Gasteiger partial charge in [-0.25, -0.2) is 9.59 Å². The molecule has 0 saturated heterocycles. The molecule has 0 unspecified atom stereocenters. The fraction of sp³-hybridized carbons (Fsp3) is 0.125. The Balaban J connectivity index is 1.77. The zero-order valence-corrected chi connectivity index (χ0v) is 13.2. The van der Waals surface area contributed by atoms with Crippen LogP contribution in [0, 0.1) is 0 Å². The second kappa shape index (κ2) is 7.91. The van der Waals surface area contributed by atoms with Gasteiger partial charge in [-0.3, -0.25) is 0 Å². The van der Waals surface area contributed by atoms with Crippen molar-refractivity contribution in [2.24, 2.45) is 0 Å². The Hall–Kier alpha value is -1.92. The van der Waals surface area contributed by atoms with Crippen molar-refractivity contribution in [2.75, 3.05) is 11.5 Å². The molecule has 114 valence electrons. The SMILES string of the molecule is O=C(O)c1ccc(SCCSc2ccc(C(=O)O)cc2)cc1. The lowest BCUT2D eigenvalue weighted by Crippen LogP contribution is -1.95. The van der Waals surface area contributed by atoms with Crippen LogP contribution in [0.2, 0.25) is 0 Å². The molecule has 0 atom stereocenters. The van der Waals surface area contributed by atoms with Crippen LogP contribution in [0.15, 0.2) is 58.3 Å². The Morgan fingerprint density at radius 1 is 0.682 bits per heavy atom. The Kier molecular flexibility index (Phi) is 5.91. The van der Waals surface area contributed by atoms with Gasteiger partial charge in [0, 0.05) is 21.3 Å². The van der Waals surface area contributed by atoms with Crippen LogP contribution in [0.5, 0.6) is 0 Å². The van der Waals surface area contributed by atoms with Crippen LogP contribution in [0.1, 0.15) is 20.7 Å². The highest BCUT2D eigenvalue weighted by atomic mass is 32.2. The first-order valence-electron chi connectivity index (χ1n) is 6.48. The minimum Gasteiger partial charge on any atom is -0.478 e. The number of hydrogen-bond acceptors (Lipinski definition) is 4. The molecule has 2 aromatic carbocycles. The van der Waals surface area contributed by atoms with E-state index in [1.165, 1.54) is 0 Å². The van der Waals surface area contributed by atoms with E-state index in [1.807, 2.05) is 0 Å². The van der Waals surface area contributed by atoms with Gasteiger partial charge in [0.1, 0.15) is 0 Å². The van der Waals surface area contributed by atoms with Crippen molar-refractivity contribution in [1.29, 1.82) is 0 Å². The summed E-state index contributed by atoms with van der Waals surface area (Å²) in [6, 6.07) is 13.6. The molecule has 2 N–H and O–H groups in total. The lowest BCUT2D eigenvalue weighted by Gasteiger charge is -2.03. The zero-order chi connectivity index (χ0) is 15.9. The highest BCUT2D eigenvalue weighted by molar-refractivity contribution is 8.03. The molecule has 0 aliphatic carbocycles. The van der Waals surface area contributed by atoms with Gasteiger partial charge in [-0.2, -0.15) is 0 Å². The van der Waals surface area contributed by atoms with E-state index in [1.54, 1.807) is 72.1 Å². The van der Waals surface area contributed by atoms with Crippen LogP contribution >= 0.6 is 23.5 Å². The van der Waals surface area contributed by atoms with Crippen LogP contribution in [0.25, 0.3) is 0 Å². The first-order valence-corrected chi connectivity index (χ1v) is 8.45. The van der Waals surface area contributed by atoms with Crippen molar-refractivity contribution in [2.45, 2.75) is 9.79 Å². The lowest BCUT2D eigenvalue weighted by molar-refractivity contribution is 0.0686. The van der Waals surface area contributed by atoms with E-state index < -0.39 is 11.9 Å². The molecule has 4 nitrogen and oxygen atoms in total. The molecular formula is C16H14O4S2.